The van der Waals surface area contributed by atoms with E-state index in [9.17, 15) is 9.90 Å². The lowest BCUT2D eigenvalue weighted by Gasteiger charge is -2.32. The predicted octanol–water partition coefficient (Wildman–Crippen LogP) is 2.56. The van der Waals surface area contributed by atoms with Gasteiger partial charge in [-0.2, -0.15) is 11.8 Å². The highest BCUT2D eigenvalue weighted by Crippen LogP contribution is 2.33. The van der Waals surface area contributed by atoms with Gasteiger partial charge in [-0.25, -0.2) is 0 Å². The summed E-state index contributed by atoms with van der Waals surface area (Å²) in [6, 6.07) is 5.84. The van der Waals surface area contributed by atoms with Crippen LogP contribution in [0.2, 0.25) is 0 Å². The number of carbonyl (C=O) groups is 1. The van der Waals surface area contributed by atoms with Crippen molar-refractivity contribution in [2.75, 3.05) is 18.6 Å². The lowest BCUT2D eigenvalue weighted by atomic mass is 9.93. The Hall–Kier alpha value is -1.20. The van der Waals surface area contributed by atoms with Gasteiger partial charge in [0.1, 0.15) is 11.4 Å². The molecule has 0 spiro atoms. The number of hydrogen-bond donors (Lipinski definition) is 2. The zero-order valence-corrected chi connectivity index (χ0v) is 15.0. The molecule has 128 valence electrons. The molecule has 1 atom stereocenters. The zero-order valence-electron chi connectivity index (χ0n) is 14.2. The Morgan fingerprint density at radius 2 is 2.26 bits per heavy atom. The molecule has 1 aromatic rings. The van der Waals surface area contributed by atoms with Crippen molar-refractivity contribution in [3.63, 3.8) is 0 Å². The average molecular weight is 337 g/mol. The molecule has 2 N–H and O–H groups in total. The molecule has 5 heteroatoms. The van der Waals surface area contributed by atoms with E-state index >= 15 is 0 Å². The van der Waals surface area contributed by atoms with Gasteiger partial charge < -0.3 is 15.2 Å². The number of aliphatic hydroxyl groups is 1. The van der Waals surface area contributed by atoms with Crippen LogP contribution >= 0.6 is 11.8 Å². The molecular weight excluding hydrogens is 310 g/mol. The average Bonchev–Trinajstić information content (AvgIpc) is 2.51. The normalized spacial score (nSPS) is 17.0. The Morgan fingerprint density at radius 3 is 2.96 bits per heavy atom. The monoisotopic (exact) mass is 337 g/mol. The first-order chi connectivity index (χ1) is 10.9. The van der Waals surface area contributed by atoms with Gasteiger partial charge in [0.05, 0.1) is 19.1 Å². The molecule has 1 heterocycles. The van der Waals surface area contributed by atoms with Crippen LogP contribution in [0.25, 0.3) is 0 Å². The van der Waals surface area contributed by atoms with Crippen LogP contribution in [0.1, 0.15) is 37.8 Å². The molecule has 2 rings (SSSR count). The summed E-state index contributed by atoms with van der Waals surface area (Å²) < 4.78 is 5.97. The van der Waals surface area contributed by atoms with Gasteiger partial charge in [0, 0.05) is 0 Å². The van der Waals surface area contributed by atoms with Crippen molar-refractivity contribution in [3.8, 4) is 5.75 Å². The Kier molecular flexibility index (Phi) is 6.36. The number of amides is 1. The van der Waals surface area contributed by atoms with Crippen LogP contribution in [0, 0.1) is 0 Å². The van der Waals surface area contributed by atoms with Crippen molar-refractivity contribution in [3.05, 3.63) is 29.3 Å². The van der Waals surface area contributed by atoms with Gasteiger partial charge in [-0.15, -0.1) is 0 Å². The number of aliphatic hydroxyl groups excluding tert-OH is 1. The predicted molar refractivity (Wildman–Crippen MR) is 95.2 cm³/mol. The van der Waals surface area contributed by atoms with E-state index in [1.807, 2.05) is 18.4 Å². The summed E-state index contributed by atoms with van der Waals surface area (Å²) in [5, 5.41) is 12.2. The number of benzene rings is 1. The number of hydrogen-bond acceptors (Lipinski definition) is 4. The molecule has 0 bridgehead atoms. The topological polar surface area (TPSA) is 58.6 Å². The molecule has 0 aromatic heterocycles. The summed E-state index contributed by atoms with van der Waals surface area (Å²) in [5.41, 5.74) is 2.05. The van der Waals surface area contributed by atoms with Crippen molar-refractivity contribution >= 4 is 17.7 Å². The summed E-state index contributed by atoms with van der Waals surface area (Å²) >= 11 is 1.72. The number of aryl methyl sites for hydroxylation is 1. The Bertz CT molecular complexity index is 545. The minimum atomic E-state index is -0.156. The van der Waals surface area contributed by atoms with Crippen LogP contribution in [0.5, 0.6) is 5.75 Å². The molecule has 4 nitrogen and oxygen atoms in total. The van der Waals surface area contributed by atoms with Gasteiger partial charge in [-0.05, 0) is 62.3 Å². The highest BCUT2D eigenvalue weighted by Gasteiger charge is 2.26. The molecule has 1 aliphatic heterocycles. The number of ether oxygens (including phenoxy) is 1. The van der Waals surface area contributed by atoms with Crippen LogP contribution in [-0.2, 0) is 17.6 Å². The van der Waals surface area contributed by atoms with E-state index in [2.05, 4.69) is 25.2 Å². The highest BCUT2D eigenvalue weighted by molar-refractivity contribution is 7.98. The Morgan fingerprint density at radius 1 is 1.48 bits per heavy atom. The van der Waals surface area contributed by atoms with Crippen molar-refractivity contribution in [1.82, 2.24) is 5.32 Å². The second-order valence-electron chi connectivity index (χ2n) is 6.71. The van der Waals surface area contributed by atoms with E-state index in [-0.39, 0.29) is 24.2 Å². The largest absolute Gasteiger partial charge is 0.488 e. The van der Waals surface area contributed by atoms with Gasteiger partial charge in [0.15, 0.2) is 0 Å². The van der Waals surface area contributed by atoms with E-state index < -0.39 is 0 Å². The fourth-order valence-corrected chi connectivity index (χ4v) is 3.28. The lowest BCUT2D eigenvalue weighted by molar-refractivity contribution is -0.121. The van der Waals surface area contributed by atoms with Crippen molar-refractivity contribution < 1.29 is 14.6 Å². The first-order valence-electron chi connectivity index (χ1n) is 8.13. The number of nitrogens with one attached hydrogen (secondary N) is 1. The minimum Gasteiger partial charge on any atom is -0.488 e. The number of fused-ring (bicyclic) bond motifs is 1. The first kappa shape index (κ1) is 18.1. The summed E-state index contributed by atoms with van der Waals surface area (Å²) in [4.78, 5) is 12.2. The zero-order chi connectivity index (χ0) is 16.9. The van der Waals surface area contributed by atoms with E-state index in [0.29, 0.717) is 6.42 Å². The second-order valence-corrected chi connectivity index (χ2v) is 7.69. The maximum Gasteiger partial charge on any atom is 0.224 e. The van der Waals surface area contributed by atoms with Crippen LogP contribution < -0.4 is 10.1 Å². The fourth-order valence-electron chi connectivity index (χ4n) is 2.76. The van der Waals surface area contributed by atoms with Crippen molar-refractivity contribution in [2.24, 2.45) is 0 Å². The van der Waals surface area contributed by atoms with E-state index in [0.717, 1.165) is 36.3 Å². The summed E-state index contributed by atoms with van der Waals surface area (Å²) in [6.45, 7) is 4.18. The molecule has 0 saturated carbocycles. The smallest absolute Gasteiger partial charge is 0.224 e. The highest BCUT2D eigenvalue weighted by atomic mass is 32.2. The van der Waals surface area contributed by atoms with E-state index in [1.165, 1.54) is 5.56 Å². The maximum atomic E-state index is 12.2. The van der Waals surface area contributed by atoms with Crippen LogP contribution in [-0.4, -0.2) is 41.3 Å². The third kappa shape index (κ3) is 5.43. The van der Waals surface area contributed by atoms with E-state index in [4.69, 9.17) is 4.74 Å². The van der Waals surface area contributed by atoms with Gasteiger partial charge in [-0.1, -0.05) is 12.1 Å². The third-order valence-corrected chi connectivity index (χ3v) is 4.77. The van der Waals surface area contributed by atoms with Crippen molar-refractivity contribution in [1.29, 1.82) is 0 Å². The second kappa shape index (κ2) is 8.06. The van der Waals surface area contributed by atoms with Gasteiger partial charge in [0.25, 0.3) is 0 Å². The van der Waals surface area contributed by atoms with Crippen LogP contribution in [0.4, 0.5) is 0 Å². The van der Waals surface area contributed by atoms with Crippen LogP contribution in [0.15, 0.2) is 18.2 Å². The van der Waals surface area contributed by atoms with Crippen molar-refractivity contribution in [2.45, 2.75) is 51.2 Å². The SMILES string of the molecule is CSCCC(CO)NC(=O)Cc1ccc2c(c1)CCC(C)(C)O2. The molecular formula is C18H27NO3S. The summed E-state index contributed by atoms with van der Waals surface area (Å²) in [5.74, 6) is 1.82. The first-order valence-corrected chi connectivity index (χ1v) is 9.53. The molecule has 0 saturated heterocycles. The number of rotatable bonds is 7. The molecule has 0 radical (unpaired) electrons. The lowest BCUT2D eigenvalue weighted by Crippen LogP contribution is -2.38. The molecule has 1 aromatic carbocycles. The van der Waals surface area contributed by atoms with Crippen LogP contribution in [0.3, 0.4) is 0 Å². The Labute approximate surface area is 143 Å². The van der Waals surface area contributed by atoms with Gasteiger partial charge in [-0.3, -0.25) is 4.79 Å². The summed E-state index contributed by atoms with van der Waals surface area (Å²) in [7, 11) is 0. The number of thioether (sulfide) groups is 1. The van der Waals surface area contributed by atoms with Gasteiger partial charge in [0.2, 0.25) is 5.91 Å². The Balaban J connectivity index is 1.94. The minimum absolute atomic E-state index is 0.0145. The van der Waals surface area contributed by atoms with Gasteiger partial charge >= 0.3 is 0 Å². The standard InChI is InChI=1S/C18H27NO3S/c1-18(2)8-6-14-10-13(4-5-16(14)22-18)11-17(21)19-15(12-20)7-9-23-3/h4-5,10,15,20H,6-9,11-12H2,1-3H3,(H,19,21). The molecule has 1 aliphatic rings. The third-order valence-electron chi connectivity index (χ3n) is 4.13. The molecule has 23 heavy (non-hydrogen) atoms. The quantitative estimate of drug-likeness (QED) is 0.803. The molecule has 0 aliphatic carbocycles. The molecule has 0 fully saturated rings. The maximum absolute atomic E-state index is 12.2. The summed E-state index contributed by atoms with van der Waals surface area (Å²) in [6.07, 6.45) is 5.11. The fraction of sp³-hybridized carbons (Fsp3) is 0.611. The molecule has 1 unspecified atom stereocenters. The molecule has 1 amide bonds. The van der Waals surface area contributed by atoms with E-state index in [1.54, 1.807) is 11.8 Å². The number of carbonyl (C=O) groups excluding carboxylic acids is 1.